The molecule has 2 atom stereocenters. The molecule has 0 aromatic rings. The Morgan fingerprint density at radius 2 is 2.05 bits per heavy atom. The first-order valence-corrected chi connectivity index (χ1v) is 7.30. The molecule has 1 heterocycles. The Balaban J connectivity index is 0. The topological polar surface area (TPSA) is 44.8 Å². The van der Waals surface area contributed by atoms with Gasteiger partial charge in [-0.3, -0.25) is 9.69 Å². The lowest BCUT2D eigenvalue weighted by molar-refractivity contribution is -0.138. The first-order valence-electron chi connectivity index (χ1n) is 7.30. The van der Waals surface area contributed by atoms with E-state index in [0.29, 0.717) is 6.04 Å². The Labute approximate surface area is 141 Å². The van der Waals surface area contributed by atoms with Crippen LogP contribution in [0.5, 0.6) is 0 Å². The molecule has 128 valence electrons. The number of carbonyl (C=O) groups excluding carboxylic acids is 1. The van der Waals surface area contributed by atoms with Crippen LogP contribution >= 0.6 is 24.8 Å². The molecule has 2 unspecified atom stereocenters. The van der Waals surface area contributed by atoms with E-state index < -0.39 is 0 Å². The minimum Gasteiger partial charge on any atom is -0.383 e. The molecular weight excluding hydrogens is 313 g/mol. The standard InChI is InChI=1S/C14H29N3O2.2ClH/c1-5-13-11-17(14(18)12(2)10-15-3)7-6-16(13)8-9-19-4;;/h12-13,15H,5-11H2,1-4H3;2*1H. The molecule has 1 aliphatic rings. The quantitative estimate of drug-likeness (QED) is 0.755. The van der Waals surface area contributed by atoms with Gasteiger partial charge in [-0.1, -0.05) is 13.8 Å². The number of ether oxygens (including phenoxy) is 1. The second-order valence-corrected chi connectivity index (χ2v) is 5.33. The molecule has 0 bridgehead atoms. The fourth-order valence-electron chi connectivity index (χ4n) is 2.69. The fraction of sp³-hybridized carbons (Fsp3) is 0.929. The first-order chi connectivity index (χ1) is 9.13. The van der Waals surface area contributed by atoms with Crippen molar-refractivity contribution in [2.75, 3.05) is 53.5 Å². The van der Waals surface area contributed by atoms with Crippen LogP contribution in [0.25, 0.3) is 0 Å². The normalized spacial score (nSPS) is 20.4. The Morgan fingerprint density at radius 1 is 1.38 bits per heavy atom. The maximum absolute atomic E-state index is 12.3. The fourth-order valence-corrected chi connectivity index (χ4v) is 2.69. The van der Waals surface area contributed by atoms with Crippen molar-refractivity contribution >= 4 is 30.7 Å². The zero-order chi connectivity index (χ0) is 14.3. The molecule has 0 aromatic heterocycles. The number of piperazine rings is 1. The molecule has 1 aliphatic heterocycles. The van der Waals surface area contributed by atoms with Gasteiger partial charge in [0.05, 0.1) is 6.61 Å². The summed E-state index contributed by atoms with van der Waals surface area (Å²) in [6.07, 6.45) is 1.08. The lowest BCUT2D eigenvalue weighted by atomic mass is 10.1. The summed E-state index contributed by atoms with van der Waals surface area (Å²) in [4.78, 5) is 16.8. The van der Waals surface area contributed by atoms with Gasteiger partial charge in [-0.05, 0) is 13.5 Å². The number of hydrogen-bond donors (Lipinski definition) is 1. The largest absolute Gasteiger partial charge is 0.383 e. The average molecular weight is 344 g/mol. The van der Waals surface area contributed by atoms with E-state index in [1.807, 2.05) is 18.9 Å². The molecule has 1 saturated heterocycles. The van der Waals surface area contributed by atoms with Crippen molar-refractivity contribution in [3.63, 3.8) is 0 Å². The summed E-state index contributed by atoms with van der Waals surface area (Å²) >= 11 is 0. The van der Waals surface area contributed by atoms with Crippen molar-refractivity contribution in [1.29, 1.82) is 0 Å². The van der Waals surface area contributed by atoms with Gasteiger partial charge in [0.1, 0.15) is 0 Å². The summed E-state index contributed by atoms with van der Waals surface area (Å²) in [5.74, 6) is 0.340. The van der Waals surface area contributed by atoms with Gasteiger partial charge in [0.15, 0.2) is 0 Å². The Morgan fingerprint density at radius 3 is 2.57 bits per heavy atom. The van der Waals surface area contributed by atoms with Crippen molar-refractivity contribution in [1.82, 2.24) is 15.1 Å². The van der Waals surface area contributed by atoms with E-state index in [1.54, 1.807) is 7.11 Å². The molecule has 7 heteroatoms. The van der Waals surface area contributed by atoms with E-state index in [9.17, 15) is 4.79 Å². The molecule has 0 aliphatic carbocycles. The zero-order valence-corrected chi connectivity index (χ0v) is 15.3. The molecule has 21 heavy (non-hydrogen) atoms. The highest BCUT2D eigenvalue weighted by Crippen LogP contribution is 2.14. The average Bonchev–Trinajstić information content (AvgIpc) is 2.44. The van der Waals surface area contributed by atoms with Crippen LogP contribution in [0.1, 0.15) is 20.3 Å². The van der Waals surface area contributed by atoms with Crippen LogP contribution < -0.4 is 5.32 Å². The van der Waals surface area contributed by atoms with Gasteiger partial charge in [-0.25, -0.2) is 0 Å². The van der Waals surface area contributed by atoms with Gasteiger partial charge in [0, 0.05) is 51.8 Å². The van der Waals surface area contributed by atoms with E-state index in [0.717, 1.165) is 45.8 Å². The summed E-state index contributed by atoms with van der Waals surface area (Å²) in [7, 11) is 3.63. The first kappa shape index (κ1) is 23.2. The van der Waals surface area contributed by atoms with Gasteiger partial charge in [0.2, 0.25) is 5.91 Å². The molecule has 1 fully saturated rings. The van der Waals surface area contributed by atoms with E-state index in [-0.39, 0.29) is 36.6 Å². The SMILES string of the molecule is CCC1CN(C(=O)C(C)CNC)CCN1CCOC.Cl.Cl. The number of hydrogen-bond acceptors (Lipinski definition) is 4. The molecule has 0 radical (unpaired) electrons. The van der Waals surface area contributed by atoms with E-state index in [4.69, 9.17) is 4.74 Å². The van der Waals surface area contributed by atoms with Gasteiger partial charge < -0.3 is 15.0 Å². The van der Waals surface area contributed by atoms with Gasteiger partial charge >= 0.3 is 0 Å². The van der Waals surface area contributed by atoms with Crippen molar-refractivity contribution in [2.24, 2.45) is 5.92 Å². The van der Waals surface area contributed by atoms with Gasteiger partial charge in [-0.15, -0.1) is 24.8 Å². The molecule has 1 amide bonds. The highest BCUT2D eigenvalue weighted by atomic mass is 35.5. The third-order valence-electron chi connectivity index (χ3n) is 3.90. The zero-order valence-electron chi connectivity index (χ0n) is 13.6. The van der Waals surface area contributed by atoms with E-state index >= 15 is 0 Å². The molecule has 0 aromatic carbocycles. The van der Waals surface area contributed by atoms with Crippen LogP contribution in [0.2, 0.25) is 0 Å². The smallest absolute Gasteiger partial charge is 0.226 e. The second kappa shape index (κ2) is 12.5. The number of rotatable bonds is 7. The molecule has 0 spiro atoms. The van der Waals surface area contributed by atoms with Crippen LogP contribution in [-0.2, 0) is 9.53 Å². The summed E-state index contributed by atoms with van der Waals surface area (Å²) < 4.78 is 5.15. The van der Waals surface area contributed by atoms with E-state index in [1.165, 1.54) is 0 Å². The molecular formula is C14H31Cl2N3O2. The number of halogens is 2. The maximum atomic E-state index is 12.3. The molecule has 1 N–H and O–H groups in total. The maximum Gasteiger partial charge on any atom is 0.226 e. The van der Waals surface area contributed by atoms with Crippen molar-refractivity contribution < 1.29 is 9.53 Å². The van der Waals surface area contributed by atoms with Gasteiger partial charge in [0.25, 0.3) is 0 Å². The van der Waals surface area contributed by atoms with Crippen LogP contribution in [0.15, 0.2) is 0 Å². The predicted octanol–water partition coefficient (Wildman–Crippen LogP) is 1.25. The van der Waals surface area contributed by atoms with Gasteiger partial charge in [-0.2, -0.15) is 0 Å². The third-order valence-corrected chi connectivity index (χ3v) is 3.90. The van der Waals surface area contributed by atoms with Crippen LogP contribution in [0, 0.1) is 5.92 Å². The highest BCUT2D eigenvalue weighted by molar-refractivity contribution is 5.85. The van der Waals surface area contributed by atoms with Crippen molar-refractivity contribution in [3.05, 3.63) is 0 Å². The summed E-state index contributed by atoms with van der Waals surface area (Å²) in [5.41, 5.74) is 0. The Hall–Kier alpha value is -0.0700. The second-order valence-electron chi connectivity index (χ2n) is 5.33. The van der Waals surface area contributed by atoms with Crippen LogP contribution in [-0.4, -0.2) is 75.2 Å². The van der Waals surface area contributed by atoms with Crippen LogP contribution in [0.4, 0.5) is 0 Å². The van der Waals surface area contributed by atoms with Crippen molar-refractivity contribution in [3.8, 4) is 0 Å². The minimum absolute atomic E-state index is 0. The number of nitrogens with zero attached hydrogens (tertiary/aromatic N) is 2. The lowest BCUT2D eigenvalue weighted by Crippen LogP contribution is -2.56. The lowest BCUT2D eigenvalue weighted by Gasteiger charge is -2.41. The van der Waals surface area contributed by atoms with Crippen LogP contribution in [0.3, 0.4) is 0 Å². The molecule has 1 rings (SSSR count). The van der Waals surface area contributed by atoms with E-state index in [2.05, 4.69) is 17.1 Å². The monoisotopic (exact) mass is 343 g/mol. The number of nitrogens with one attached hydrogen (secondary N) is 1. The molecule has 5 nitrogen and oxygen atoms in total. The molecule has 0 saturated carbocycles. The number of carbonyl (C=O) groups is 1. The summed E-state index contributed by atoms with van der Waals surface area (Å²) in [5, 5.41) is 3.07. The third kappa shape index (κ3) is 7.15. The number of amides is 1. The number of methoxy groups -OCH3 is 1. The van der Waals surface area contributed by atoms with Crippen molar-refractivity contribution in [2.45, 2.75) is 26.3 Å². The summed E-state index contributed by atoms with van der Waals surface area (Å²) in [6.45, 7) is 9.32. The predicted molar refractivity (Wildman–Crippen MR) is 91.7 cm³/mol. The summed E-state index contributed by atoms with van der Waals surface area (Å²) in [6, 6.07) is 0.467. The minimum atomic E-state index is 0. The Kier molecular flexibility index (Phi) is 13.8. The Bertz CT molecular complexity index is 283. The highest BCUT2D eigenvalue weighted by Gasteiger charge is 2.29.